The lowest BCUT2D eigenvalue weighted by Crippen LogP contribution is -2.12. The maximum Gasteiger partial charge on any atom is 0.311 e. The van der Waals surface area contributed by atoms with Crippen LogP contribution in [0.3, 0.4) is 0 Å². The number of thiazole rings is 1. The van der Waals surface area contributed by atoms with Crippen LogP contribution in [0.2, 0.25) is 0 Å². The minimum atomic E-state index is -0.333. The standard InChI is InChI=1S/C18H18N4O3S/c1-3-25-16(23)10-14-11-26-18(20-14)21-17(24)13-4-6-15(7-5-13)22-12(2)8-9-19-22/h4-9,11H,3,10H2,1-2H3,(H,20,21,24). The van der Waals surface area contributed by atoms with E-state index in [2.05, 4.69) is 15.4 Å². The fourth-order valence-corrected chi connectivity index (χ4v) is 3.07. The Bertz CT molecular complexity index is 915. The number of amides is 1. The second-order valence-electron chi connectivity index (χ2n) is 5.51. The van der Waals surface area contributed by atoms with Gasteiger partial charge in [-0.05, 0) is 44.2 Å². The number of hydrogen-bond acceptors (Lipinski definition) is 6. The molecule has 2 aromatic heterocycles. The van der Waals surface area contributed by atoms with Gasteiger partial charge in [-0.2, -0.15) is 5.10 Å². The summed E-state index contributed by atoms with van der Waals surface area (Å²) in [5, 5.41) is 9.16. The van der Waals surface area contributed by atoms with Crippen molar-refractivity contribution < 1.29 is 14.3 Å². The van der Waals surface area contributed by atoms with Crippen LogP contribution in [0, 0.1) is 6.92 Å². The van der Waals surface area contributed by atoms with E-state index in [1.165, 1.54) is 11.3 Å². The van der Waals surface area contributed by atoms with Crippen molar-refractivity contribution in [3.05, 3.63) is 58.9 Å². The molecule has 0 unspecified atom stereocenters. The summed E-state index contributed by atoms with van der Waals surface area (Å²) in [5.41, 5.74) is 2.99. The number of aromatic nitrogens is 3. The van der Waals surface area contributed by atoms with Gasteiger partial charge in [-0.1, -0.05) is 0 Å². The van der Waals surface area contributed by atoms with Crippen LogP contribution < -0.4 is 5.32 Å². The van der Waals surface area contributed by atoms with E-state index in [1.54, 1.807) is 35.3 Å². The number of benzene rings is 1. The van der Waals surface area contributed by atoms with E-state index in [9.17, 15) is 9.59 Å². The smallest absolute Gasteiger partial charge is 0.311 e. The third-order valence-corrected chi connectivity index (χ3v) is 4.42. The van der Waals surface area contributed by atoms with Crippen molar-refractivity contribution in [1.82, 2.24) is 14.8 Å². The van der Waals surface area contributed by atoms with Crippen molar-refractivity contribution in [2.24, 2.45) is 0 Å². The summed E-state index contributed by atoms with van der Waals surface area (Å²) < 4.78 is 6.68. The van der Waals surface area contributed by atoms with Crippen LogP contribution in [0.15, 0.2) is 41.9 Å². The van der Waals surface area contributed by atoms with Crippen molar-refractivity contribution in [3.8, 4) is 5.69 Å². The quantitative estimate of drug-likeness (QED) is 0.674. The van der Waals surface area contributed by atoms with Crippen LogP contribution in [-0.4, -0.2) is 33.2 Å². The average molecular weight is 370 g/mol. The number of nitrogens with zero attached hydrogens (tertiary/aromatic N) is 3. The van der Waals surface area contributed by atoms with Gasteiger partial charge >= 0.3 is 5.97 Å². The average Bonchev–Trinajstić information content (AvgIpc) is 3.24. The summed E-state index contributed by atoms with van der Waals surface area (Å²) in [6, 6.07) is 9.06. The monoisotopic (exact) mass is 370 g/mol. The first-order valence-electron chi connectivity index (χ1n) is 8.09. The molecular weight excluding hydrogens is 352 g/mol. The van der Waals surface area contributed by atoms with Gasteiger partial charge < -0.3 is 4.74 Å². The molecule has 0 bridgehead atoms. The van der Waals surface area contributed by atoms with E-state index < -0.39 is 0 Å². The van der Waals surface area contributed by atoms with Gasteiger partial charge in [0.2, 0.25) is 0 Å². The van der Waals surface area contributed by atoms with Crippen molar-refractivity contribution in [2.75, 3.05) is 11.9 Å². The second kappa shape index (κ2) is 7.92. The fraction of sp³-hybridized carbons (Fsp3) is 0.222. The van der Waals surface area contributed by atoms with Gasteiger partial charge in [-0.25, -0.2) is 9.67 Å². The lowest BCUT2D eigenvalue weighted by atomic mass is 10.2. The summed E-state index contributed by atoms with van der Waals surface area (Å²) in [6.07, 6.45) is 1.82. The summed E-state index contributed by atoms with van der Waals surface area (Å²) in [6.45, 7) is 4.05. The Balaban J connectivity index is 1.64. The molecule has 1 aromatic carbocycles. The first kappa shape index (κ1) is 17.8. The van der Waals surface area contributed by atoms with Crippen LogP contribution in [0.1, 0.15) is 28.7 Å². The molecule has 0 aliphatic rings. The van der Waals surface area contributed by atoms with Gasteiger partial charge in [0.25, 0.3) is 5.91 Å². The molecule has 0 atom stereocenters. The maximum absolute atomic E-state index is 12.4. The highest BCUT2D eigenvalue weighted by atomic mass is 32.1. The number of carbonyl (C=O) groups is 2. The molecule has 2 heterocycles. The Morgan fingerprint density at radius 3 is 2.65 bits per heavy atom. The highest BCUT2D eigenvalue weighted by Gasteiger charge is 2.12. The number of rotatable bonds is 6. The number of esters is 1. The molecule has 3 aromatic rings. The van der Waals surface area contributed by atoms with Crippen molar-refractivity contribution in [3.63, 3.8) is 0 Å². The van der Waals surface area contributed by atoms with Gasteiger partial charge in [-0.15, -0.1) is 11.3 Å². The zero-order chi connectivity index (χ0) is 18.5. The first-order valence-corrected chi connectivity index (χ1v) is 8.97. The molecule has 8 heteroatoms. The zero-order valence-corrected chi connectivity index (χ0v) is 15.2. The highest BCUT2D eigenvalue weighted by Crippen LogP contribution is 2.18. The molecule has 1 N–H and O–H groups in total. The molecule has 0 spiro atoms. The van der Waals surface area contributed by atoms with Gasteiger partial charge in [0, 0.05) is 22.8 Å². The third kappa shape index (κ3) is 4.15. The fourth-order valence-electron chi connectivity index (χ4n) is 2.37. The zero-order valence-electron chi connectivity index (χ0n) is 14.4. The van der Waals surface area contributed by atoms with Gasteiger partial charge in [-0.3, -0.25) is 14.9 Å². The van der Waals surface area contributed by atoms with E-state index in [0.29, 0.717) is 23.0 Å². The highest BCUT2D eigenvalue weighted by molar-refractivity contribution is 7.14. The summed E-state index contributed by atoms with van der Waals surface area (Å²) in [5.74, 6) is -0.592. The van der Waals surface area contributed by atoms with E-state index in [0.717, 1.165) is 11.4 Å². The number of carbonyl (C=O) groups excluding carboxylic acids is 2. The van der Waals surface area contributed by atoms with Gasteiger partial charge in [0.05, 0.1) is 24.4 Å². The molecule has 3 rings (SSSR count). The van der Waals surface area contributed by atoms with E-state index in [4.69, 9.17) is 4.74 Å². The van der Waals surface area contributed by atoms with Crippen LogP contribution in [0.5, 0.6) is 0 Å². The molecule has 26 heavy (non-hydrogen) atoms. The van der Waals surface area contributed by atoms with Crippen LogP contribution in [0.25, 0.3) is 5.69 Å². The Labute approximate surface area is 154 Å². The number of hydrogen-bond donors (Lipinski definition) is 1. The molecule has 0 saturated heterocycles. The second-order valence-corrected chi connectivity index (χ2v) is 6.37. The molecule has 0 fully saturated rings. The van der Waals surface area contributed by atoms with Gasteiger partial charge in [0.1, 0.15) is 0 Å². The SMILES string of the molecule is CCOC(=O)Cc1csc(NC(=O)c2ccc(-n3nccc3C)cc2)n1. The van der Waals surface area contributed by atoms with E-state index >= 15 is 0 Å². The topological polar surface area (TPSA) is 86.1 Å². The predicted octanol–water partition coefficient (Wildman–Crippen LogP) is 3.00. The summed E-state index contributed by atoms with van der Waals surface area (Å²) in [4.78, 5) is 28.1. The Morgan fingerprint density at radius 2 is 2.00 bits per heavy atom. The minimum absolute atomic E-state index is 0.0954. The Morgan fingerprint density at radius 1 is 1.23 bits per heavy atom. The predicted molar refractivity (Wildman–Crippen MR) is 98.7 cm³/mol. The number of nitrogens with one attached hydrogen (secondary N) is 1. The number of anilines is 1. The molecule has 0 radical (unpaired) electrons. The molecule has 134 valence electrons. The lowest BCUT2D eigenvalue weighted by Gasteiger charge is -2.06. The molecule has 0 saturated carbocycles. The maximum atomic E-state index is 12.4. The van der Waals surface area contributed by atoms with Crippen LogP contribution in [-0.2, 0) is 16.0 Å². The van der Waals surface area contributed by atoms with Crippen LogP contribution >= 0.6 is 11.3 Å². The molecule has 7 nitrogen and oxygen atoms in total. The van der Waals surface area contributed by atoms with Crippen LogP contribution in [0.4, 0.5) is 5.13 Å². The molecule has 0 aliphatic carbocycles. The normalized spacial score (nSPS) is 10.5. The van der Waals surface area contributed by atoms with Crippen molar-refractivity contribution >= 4 is 28.3 Å². The largest absolute Gasteiger partial charge is 0.466 e. The lowest BCUT2D eigenvalue weighted by molar-refractivity contribution is -0.142. The first-order chi connectivity index (χ1) is 12.6. The molecule has 0 aliphatic heterocycles. The molecule has 1 amide bonds. The summed E-state index contributed by atoms with van der Waals surface area (Å²) in [7, 11) is 0. The molecular formula is C18H18N4O3S. The van der Waals surface area contributed by atoms with E-state index in [-0.39, 0.29) is 18.3 Å². The third-order valence-electron chi connectivity index (χ3n) is 3.61. The number of aryl methyl sites for hydroxylation is 1. The number of ether oxygens (including phenoxy) is 1. The summed E-state index contributed by atoms with van der Waals surface area (Å²) >= 11 is 1.27. The van der Waals surface area contributed by atoms with Gasteiger partial charge in [0.15, 0.2) is 5.13 Å². The Kier molecular flexibility index (Phi) is 5.43. The minimum Gasteiger partial charge on any atom is -0.466 e. The van der Waals surface area contributed by atoms with Crippen molar-refractivity contribution in [2.45, 2.75) is 20.3 Å². The van der Waals surface area contributed by atoms with Crippen molar-refractivity contribution in [1.29, 1.82) is 0 Å². The Hall–Kier alpha value is -3.00. The van der Waals surface area contributed by atoms with E-state index in [1.807, 2.05) is 25.1 Å².